The molecular weight excluding hydrogens is 427 g/mol. The lowest BCUT2D eigenvalue weighted by molar-refractivity contribution is -0.149. The van der Waals surface area contributed by atoms with Gasteiger partial charge in [0.15, 0.2) is 11.6 Å². The predicted molar refractivity (Wildman–Crippen MR) is 110 cm³/mol. The highest BCUT2D eigenvalue weighted by Crippen LogP contribution is 2.33. The number of halogens is 1. The molecule has 0 aliphatic carbocycles. The summed E-state index contributed by atoms with van der Waals surface area (Å²) in [5.41, 5.74) is 0.445. The van der Waals surface area contributed by atoms with Gasteiger partial charge in [0.25, 0.3) is 5.82 Å². The smallest absolute Gasteiger partial charge is 0.429 e. The molecule has 0 saturated heterocycles. The van der Waals surface area contributed by atoms with Crippen LogP contribution in [0.1, 0.15) is 0 Å². The first kappa shape index (κ1) is 22.1. The number of hydrogen-bond donors (Lipinski definition) is 2. The summed E-state index contributed by atoms with van der Waals surface area (Å²) in [7, 11) is -1.76. The molecule has 1 heterocycles. The van der Waals surface area contributed by atoms with Gasteiger partial charge in [0.05, 0.1) is 24.6 Å². The highest BCUT2D eigenvalue weighted by Gasteiger charge is 2.37. The highest BCUT2D eigenvalue weighted by atomic mass is 32.2. The summed E-state index contributed by atoms with van der Waals surface area (Å²) in [6.07, 6.45) is 5.13. The molecule has 1 amide bonds. The number of hydrogen-bond acceptors (Lipinski definition) is 6. The van der Waals surface area contributed by atoms with Gasteiger partial charge in [0, 0.05) is 11.5 Å². The van der Waals surface area contributed by atoms with E-state index in [4.69, 9.17) is 16.3 Å². The van der Waals surface area contributed by atoms with Crippen LogP contribution in [-0.2, 0) is 14.8 Å². The number of ether oxygens (including phenoxy) is 1. The number of carbonyl (C=O) groups excluding carboxylic acids is 1. The van der Waals surface area contributed by atoms with E-state index in [0.29, 0.717) is 0 Å². The fourth-order valence-corrected chi connectivity index (χ4v) is 3.61. The average Bonchev–Trinajstić information content (AvgIpc) is 3.18. The van der Waals surface area contributed by atoms with Crippen molar-refractivity contribution in [2.24, 2.45) is 5.14 Å². The van der Waals surface area contributed by atoms with Crippen molar-refractivity contribution < 1.29 is 27.5 Å². The van der Waals surface area contributed by atoms with E-state index in [0.717, 1.165) is 17.8 Å². The van der Waals surface area contributed by atoms with Crippen LogP contribution < -0.4 is 14.5 Å². The van der Waals surface area contributed by atoms with Crippen LogP contribution in [0.4, 0.5) is 10.2 Å². The molecule has 3 rings (SSSR count). The molecule has 2 aromatic carbocycles. The Balaban J connectivity index is 2.35. The van der Waals surface area contributed by atoms with Crippen molar-refractivity contribution in [2.75, 3.05) is 14.2 Å². The van der Waals surface area contributed by atoms with Crippen molar-refractivity contribution in [3.63, 3.8) is 0 Å². The SMILES string of the molecule is C#CC(=O)[N+](C)(O)c1cc(-c2ccc(OC)c(F)c2)n(-c2ccccc2S(N)(=O)=O)n1. The van der Waals surface area contributed by atoms with Crippen LogP contribution in [0.2, 0.25) is 0 Å². The molecule has 11 heteroatoms. The topological polar surface area (TPSA) is 125 Å². The molecule has 3 aromatic rings. The molecule has 0 aliphatic heterocycles. The highest BCUT2D eigenvalue weighted by molar-refractivity contribution is 7.89. The van der Waals surface area contributed by atoms with Gasteiger partial charge in [-0.1, -0.05) is 16.8 Å². The van der Waals surface area contributed by atoms with Crippen molar-refractivity contribution in [2.45, 2.75) is 4.90 Å². The van der Waals surface area contributed by atoms with Gasteiger partial charge in [-0.25, -0.2) is 32.6 Å². The lowest BCUT2D eigenvalue weighted by atomic mass is 10.1. The molecule has 160 valence electrons. The molecule has 0 radical (unpaired) electrons. The van der Waals surface area contributed by atoms with Gasteiger partial charge in [-0.15, -0.1) is 11.5 Å². The maximum atomic E-state index is 14.4. The van der Waals surface area contributed by atoms with Crippen molar-refractivity contribution in [3.05, 3.63) is 54.3 Å². The Bertz CT molecular complexity index is 1330. The van der Waals surface area contributed by atoms with Crippen LogP contribution in [0.15, 0.2) is 53.4 Å². The summed E-state index contributed by atoms with van der Waals surface area (Å²) >= 11 is 0. The van der Waals surface area contributed by atoms with Crippen LogP contribution in [0.5, 0.6) is 5.75 Å². The van der Waals surface area contributed by atoms with Gasteiger partial charge in [0.1, 0.15) is 11.9 Å². The van der Waals surface area contributed by atoms with Crippen LogP contribution >= 0.6 is 0 Å². The molecule has 31 heavy (non-hydrogen) atoms. The van der Waals surface area contributed by atoms with Gasteiger partial charge < -0.3 is 4.74 Å². The normalized spacial score (nSPS) is 13.3. The second kappa shape index (κ2) is 7.93. The van der Waals surface area contributed by atoms with Gasteiger partial charge in [-0.3, -0.25) is 0 Å². The molecule has 3 N–H and O–H groups in total. The summed E-state index contributed by atoms with van der Waals surface area (Å²) in [6, 6.07) is 11.0. The fourth-order valence-electron chi connectivity index (χ4n) is 2.90. The number of hydroxylamine groups is 2. The maximum Gasteiger partial charge on any atom is 0.429 e. The zero-order valence-electron chi connectivity index (χ0n) is 16.5. The van der Waals surface area contributed by atoms with E-state index in [1.807, 2.05) is 5.92 Å². The number of nitrogens with two attached hydrogens (primary N) is 1. The van der Waals surface area contributed by atoms with Gasteiger partial charge in [-0.2, -0.15) is 0 Å². The molecular formula is C20H18FN4O5S+. The van der Waals surface area contributed by atoms with Gasteiger partial charge in [0.2, 0.25) is 10.0 Å². The van der Waals surface area contributed by atoms with Crippen LogP contribution in [0, 0.1) is 18.2 Å². The number of nitrogens with zero attached hydrogens (tertiary/aromatic N) is 3. The van der Waals surface area contributed by atoms with Crippen molar-refractivity contribution >= 4 is 21.7 Å². The van der Waals surface area contributed by atoms with Crippen molar-refractivity contribution in [1.29, 1.82) is 0 Å². The van der Waals surface area contributed by atoms with Gasteiger partial charge >= 0.3 is 5.91 Å². The summed E-state index contributed by atoms with van der Waals surface area (Å²) in [5, 5.41) is 20.1. The molecule has 9 nitrogen and oxygen atoms in total. The fraction of sp³-hybridized carbons (Fsp3) is 0.100. The number of primary sulfonamides is 1. The molecule has 1 atom stereocenters. The van der Waals surface area contributed by atoms with E-state index in [2.05, 4.69) is 5.10 Å². The Morgan fingerprint density at radius 1 is 1.29 bits per heavy atom. The van der Waals surface area contributed by atoms with E-state index in [1.165, 1.54) is 43.5 Å². The maximum absolute atomic E-state index is 14.4. The summed E-state index contributed by atoms with van der Waals surface area (Å²) in [6.45, 7) is 0. The Hall–Kier alpha value is -3.56. The van der Waals surface area contributed by atoms with E-state index < -0.39 is 26.4 Å². The standard InChI is InChI=1S/C20H18FN4O5S/c1-4-20(26)25(2,27)19-12-16(13-9-10-17(30-3)14(21)11-13)24(23-19)15-7-5-6-8-18(15)31(22,28)29/h1,5-12,27H,2-3H3,(H2,22,28,29)/q+1. The number of carbonyl (C=O) groups is 1. The number of para-hydroxylation sites is 1. The van der Waals surface area contributed by atoms with E-state index >= 15 is 0 Å². The quantitative estimate of drug-likeness (QED) is 0.267. The lowest BCUT2D eigenvalue weighted by Crippen LogP contribution is -2.47. The minimum atomic E-state index is -4.17. The Kier molecular flexibility index (Phi) is 5.66. The minimum absolute atomic E-state index is 0.00902. The zero-order valence-corrected chi connectivity index (χ0v) is 17.3. The van der Waals surface area contributed by atoms with Crippen LogP contribution in [0.25, 0.3) is 16.9 Å². The molecule has 0 fully saturated rings. The Labute approximate surface area is 177 Å². The zero-order chi connectivity index (χ0) is 23.0. The van der Waals surface area contributed by atoms with E-state index in [1.54, 1.807) is 6.07 Å². The third-order valence-electron chi connectivity index (χ3n) is 4.51. The Morgan fingerprint density at radius 3 is 2.55 bits per heavy atom. The van der Waals surface area contributed by atoms with E-state index in [-0.39, 0.29) is 33.4 Å². The monoisotopic (exact) mass is 445 g/mol. The molecule has 1 unspecified atom stereocenters. The summed E-state index contributed by atoms with van der Waals surface area (Å²) in [5.74, 6) is -0.121. The average molecular weight is 445 g/mol. The Morgan fingerprint density at radius 2 is 1.97 bits per heavy atom. The van der Waals surface area contributed by atoms with Crippen LogP contribution in [0.3, 0.4) is 0 Å². The number of aromatic nitrogens is 2. The summed E-state index contributed by atoms with van der Waals surface area (Å²) < 4.78 is 43.2. The molecule has 0 spiro atoms. The molecule has 1 aromatic heterocycles. The second-order valence-corrected chi connectivity index (χ2v) is 8.10. The number of sulfonamides is 1. The molecule has 0 bridgehead atoms. The number of amides is 1. The lowest BCUT2D eigenvalue weighted by Gasteiger charge is -2.15. The van der Waals surface area contributed by atoms with E-state index in [9.17, 15) is 22.8 Å². The number of benzene rings is 2. The first-order chi connectivity index (χ1) is 14.5. The minimum Gasteiger partial charge on any atom is -0.494 e. The predicted octanol–water partition coefficient (Wildman–Crippen LogP) is 1.82. The number of methoxy groups -OCH3 is 1. The number of rotatable bonds is 5. The van der Waals surface area contributed by atoms with Crippen molar-refractivity contribution in [1.82, 2.24) is 14.4 Å². The second-order valence-electron chi connectivity index (χ2n) is 6.57. The molecule has 0 aliphatic rings. The van der Waals surface area contributed by atoms with Gasteiger partial charge in [-0.05, 0) is 30.3 Å². The number of quaternary nitrogens is 1. The van der Waals surface area contributed by atoms with Crippen molar-refractivity contribution in [3.8, 4) is 35.0 Å². The first-order valence-electron chi connectivity index (χ1n) is 8.68. The summed E-state index contributed by atoms with van der Waals surface area (Å²) in [4.78, 5) is 11.8. The van der Waals surface area contributed by atoms with Crippen LogP contribution in [-0.4, -0.2) is 43.5 Å². The first-order valence-corrected chi connectivity index (χ1v) is 10.2. The molecule has 0 saturated carbocycles. The third kappa shape index (κ3) is 4.05. The number of terminal acetylenes is 1. The largest absolute Gasteiger partial charge is 0.494 e. The third-order valence-corrected chi connectivity index (χ3v) is 5.47.